The second-order valence-electron chi connectivity index (χ2n) is 41.5. The van der Waals surface area contributed by atoms with E-state index in [1.54, 1.807) is 19.2 Å². The number of piperidine rings is 4. The van der Waals surface area contributed by atoms with Gasteiger partial charge >= 0.3 is 6.18 Å². The topological polar surface area (TPSA) is 97.8 Å². The molecule has 6 heterocycles. The van der Waals surface area contributed by atoms with Crippen molar-refractivity contribution >= 4 is 11.6 Å². The Morgan fingerprint density at radius 3 is 1.05 bits per heavy atom. The molecule has 6 saturated heterocycles. The van der Waals surface area contributed by atoms with E-state index in [9.17, 15) is 18.3 Å². The third-order valence-corrected chi connectivity index (χ3v) is 26.1. The molecule has 10 rings (SSSR count). The summed E-state index contributed by atoms with van der Waals surface area (Å²) in [6.07, 6.45) is 26.5. The van der Waals surface area contributed by atoms with E-state index in [-0.39, 0.29) is 45.5 Å². The molecule has 6 aliphatic heterocycles. The number of benzene rings is 4. The molecule has 12 nitrogen and oxygen atoms in total. The lowest BCUT2D eigenvalue weighted by Gasteiger charge is -2.42. The van der Waals surface area contributed by atoms with Gasteiger partial charge in [0.2, 0.25) is 0 Å². The van der Waals surface area contributed by atoms with Crippen LogP contribution >= 0.6 is 11.6 Å². The smallest absolute Gasteiger partial charge is 0.416 e. The minimum absolute atomic E-state index is 0.0624. The Labute approximate surface area is 739 Å². The van der Waals surface area contributed by atoms with Crippen molar-refractivity contribution in [3.63, 3.8) is 0 Å². The van der Waals surface area contributed by atoms with Crippen LogP contribution in [-0.4, -0.2) is 184 Å². The molecule has 6 atom stereocenters. The molecule has 121 heavy (non-hydrogen) atoms. The molecule has 0 spiro atoms. The summed E-state index contributed by atoms with van der Waals surface area (Å²) >= 11 is 6.11. The molecule has 0 radical (unpaired) electrons. The monoisotopic (exact) mass is 1700 g/mol. The maximum Gasteiger partial charge on any atom is 0.416 e. The summed E-state index contributed by atoms with van der Waals surface area (Å²) in [7, 11) is 1.81. The van der Waals surface area contributed by atoms with Crippen molar-refractivity contribution in [3.05, 3.63) is 176 Å². The van der Waals surface area contributed by atoms with Gasteiger partial charge in [-0.15, -0.1) is 0 Å². The van der Waals surface area contributed by atoms with Gasteiger partial charge in [-0.1, -0.05) is 162 Å². The van der Waals surface area contributed by atoms with Crippen LogP contribution in [0.1, 0.15) is 296 Å². The minimum Gasteiger partial charge on any atom is -0.491 e. The van der Waals surface area contributed by atoms with E-state index in [1.807, 2.05) is 19.1 Å². The van der Waals surface area contributed by atoms with Gasteiger partial charge < -0.3 is 38.3 Å². The van der Waals surface area contributed by atoms with Gasteiger partial charge in [0.15, 0.2) is 0 Å². The largest absolute Gasteiger partial charge is 0.491 e. The number of hydrogen-bond acceptors (Lipinski definition) is 12. The highest BCUT2D eigenvalue weighted by Gasteiger charge is 2.38. The van der Waals surface area contributed by atoms with Gasteiger partial charge in [-0.3, -0.25) is 19.6 Å². The molecule has 0 aliphatic carbocycles. The molecule has 682 valence electrons. The number of methoxy groups -OCH3 is 1. The highest BCUT2D eigenvalue weighted by molar-refractivity contribution is 6.30. The van der Waals surface area contributed by atoms with Crippen molar-refractivity contribution in [1.82, 2.24) is 19.6 Å². The summed E-state index contributed by atoms with van der Waals surface area (Å²) in [6.45, 7) is 62.9. The first-order valence-corrected chi connectivity index (χ1v) is 46.9. The predicted octanol–water partition coefficient (Wildman–Crippen LogP) is 25.2. The molecule has 6 unspecified atom stereocenters. The summed E-state index contributed by atoms with van der Waals surface area (Å²) < 4.78 is 78.7. The molecule has 4 aromatic carbocycles. The quantitative estimate of drug-likeness (QED) is 0.0351. The highest BCUT2D eigenvalue weighted by atomic mass is 35.5. The number of likely N-dealkylation sites (tertiary alicyclic amines) is 4. The van der Waals surface area contributed by atoms with Crippen LogP contribution in [0, 0.1) is 17.8 Å². The standard InChI is InChI=1S/C28H47NO2.C27H40F3NO2.C26H40ClNO2.C24H39NO2/c1-22(2)20-25(29-17-15-23(16-18-29)10-9-19-30-8)21-28(6,7)24-11-13-26(14-12-24)31-27(3,4)5;1-20(2)17-24(18-26(3,4)22-5-7-23(8-6-22)27(28,29)30)31-13-9-21(10-14-31)11-16-33-25-12-15-32-19-25;1-20(2)17-24(18-26(3,4)22-5-7-23(27)8-6-22)28-13-9-21(10-14-28)11-16-30-25-12-15-29-19-25;1-18(2)16-21(25-14-12-24(7,26)13-15-25)17-23(5,6)20-8-10-22(11-9-20)27-19(3)4/h11-14,20,23,25H,9-10,15-19,21H2,1-8H3;5-8,17,21,24-25H,9-16,18-19H2,1-4H3;5-8,17,21,24-25H,9-16,18-19H2,1-4H3;8-11,16,19,21,26H,12-15,17H2,1-7H3. The van der Waals surface area contributed by atoms with Crippen molar-refractivity contribution in [1.29, 1.82) is 0 Å². The summed E-state index contributed by atoms with van der Waals surface area (Å²) in [4.78, 5) is 10.5. The van der Waals surface area contributed by atoms with Crippen molar-refractivity contribution in [2.24, 2.45) is 17.8 Å². The average molecular weight is 1700 g/mol. The lowest BCUT2D eigenvalue weighted by Crippen LogP contribution is -2.48. The lowest BCUT2D eigenvalue weighted by molar-refractivity contribution is -0.137. The SMILES string of the molecule is CC(C)=CC(CC(C)(C)c1ccc(C(F)(F)F)cc1)N1CCC(CCOC2CCOC2)CC1.CC(C)=CC(CC(C)(C)c1ccc(Cl)cc1)N1CCC(CCOC2CCOC2)CC1.CC(C)=CC(CC(C)(C)c1ccc(OC(C)C)cc1)N1CCC(C)(O)CC1.COCCCC1CCN(C(C=C(C)C)CC(C)(C)c2ccc(OC(C)(C)C)cc2)CC1. The molecule has 0 aromatic heterocycles. The van der Waals surface area contributed by atoms with Gasteiger partial charge in [-0.25, -0.2) is 0 Å². The Bertz CT molecular complexity index is 3690. The van der Waals surface area contributed by atoms with Crippen LogP contribution < -0.4 is 9.47 Å². The van der Waals surface area contributed by atoms with E-state index >= 15 is 0 Å². The first-order chi connectivity index (χ1) is 56.9. The van der Waals surface area contributed by atoms with Crippen molar-refractivity contribution in [2.45, 2.75) is 349 Å². The van der Waals surface area contributed by atoms with E-state index in [0.717, 1.165) is 164 Å². The Morgan fingerprint density at radius 2 is 0.752 bits per heavy atom. The zero-order valence-electron chi connectivity index (χ0n) is 79.8. The van der Waals surface area contributed by atoms with E-state index in [2.05, 4.69) is 250 Å². The van der Waals surface area contributed by atoms with Crippen LogP contribution in [0.25, 0.3) is 0 Å². The number of rotatable bonds is 35. The maximum atomic E-state index is 13.0. The highest BCUT2D eigenvalue weighted by Crippen LogP contribution is 2.41. The second kappa shape index (κ2) is 48.9. The molecule has 0 bridgehead atoms. The number of aliphatic hydroxyl groups is 1. The number of nitrogens with zero attached hydrogens (tertiary/aromatic N) is 4. The fourth-order valence-corrected chi connectivity index (χ4v) is 18.7. The van der Waals surface area contributed by atoms with Crippen LogP contribution in [-0.2, 0) is 51.5 Å². The van der Waals surface area contributed by atoms with Crippen molar-refractivity contribution in [3.8, 4) is 11.5 Å². The molecule has 0 amide bonds. The van der Waals surface area contributed by atoms with Gasteiger partial charge in [-0.2, -0.15) is 13.2 Å². The molecule has 4 aromatic rings. The van der Waals surface area contributed by atoms with Crippen LogP contribution in [0.15, 0.2) is 144 Å². The zero-order chi connectivity index (χ0) is 88.9. The molecular weight excluding hydrogens is 1540 g/mol. The van der Waals surface area contributed by atoms with Gasteiger partial charge in [0.25, 0.3) is 0 Å². The van der Waals surface area contributed by atoms with Crippen LogP contribution in [0.2, 0.25) is 5.02 Å². The molecule has 6 fully saturated rings. The van der Waals surface area contributed by atoms with Crippen molar-refractivity contribution < 1.29 is 51.4 Å². The van der Waals surface area contributed by atoms with Crippen molar-refractivity contribution in [2.75, 3.05) is 106 Å². The summed E-state index contributed by atoms with van der Waals surface area (Å²) in [5.74, 6) is 4.23. The molecule has 16 heteroatoms. The van der Waals surface area contributed by atoms with Crippen LogP contribution in [0.5, 0.6) is 11.5 Å². The minimum atomic E-state index is -4.30. The fraction of sp³-hybridized carbons (Fsp3) is 0.695. The van der Waals surface area contributed by atoms with Crippen LogP contribution in [0.4, 0.5) is 13.2 Å². The summed E-state index contributed by atoms with van der Waals surface area (Å²) in [5.41, 5.74) is 9.27. The first-order valence-electron chi connectivity index (χ1n) is 46.5. The Hall–Kier alpha value is -4.88. The number of ether oxygens (including phenoxy) is 7. The lowest BCUT2D eigenvalue weighted by atomic mass is 9.77. The predicted molar refractivity (Wildman–Crippen MR) is 500 cm³/mol. The summed E-state index contributed by atoms with van der Waals surface area (Å²) in [6, 6.07) is 33.1. The molecule has 0 saturated carbocycles. The maximum absolute atomic E-state index is 13.0. The first kappa shape index (κ1) is 103. The molecule has 1 N–H and O–H groups in total. The number of halogens is 4. The number of allylic oxidation sites excluding steroid dienone is 4. The average Bonchev–Trinajstić information content (AvgIpc) is 1.30. The Kier molecular flexibility index (Phi) is 41.7. The fourth-order valence-electron chi connectivity index (χ4n) is 18.5. The number of alkyl halides is 3. The zero-order valence-corrected chi connectivity index (χ0v) is 80.5. The van der Waals surface area contributed by atoms with E-state index < -0.39 is 17.3 Å². The van der Waals surface area contributed by atoms with Gasteiger partial charge in [0.1, 0.15) is 17.1 Å². The molecule has 6 aliphatic rings. The van der Waals surface area contributed by atoms with E-state index in [0.29, 0.717) is 30.1 Å². The van der Waals surface area contributed by atoms with Gasteiger partial charge in [-0.05, 0) is 362 Å². The Morgan fingerprint density at radius 1 is 0.446 bits per heavy atom. The number of hydrogen-bond donors (Lipinski definition) is 1. The Balaban J connectivity index is 0.000000223. The summed E-state index contributed by atoms with van der Waals surface area (Å²) in [5, 5.41) is 11.1. The third-order valence-electron chi connectivity index (χ3n) is 25.9. The van der Waals surface area contributed by atoms with E-state index in [4.69, 9.17) is 44.8 Å². The molecular formula is C105H166ClF3N4O8. The van der Waals surface area contributed by atoms with Gasteiger partial charge in [0.05, 0.1) is 42.7 Å². The normalized spacial score (nSPS) is 20.2. The van der Waals surface area contributed by atoms with E-state index in [1.165, 1.54) is 135 Å². The van der Waals surface area contributed by atoms with Gasteiger partial charge in [0, 0.05) is 82.4 Å². The van der Waals surface area contributed by atoms with Crippen LogP contribution in [0.3, 0.4) is 0 Å². The third kappa shape index (κ3) is 37.2. The second-order valence-corrected chi connectivity index (χ2v) is 41.9.